The van der Waals surface area contributed by atoms with Crippen LogP contribution in [-0.4, -0.2) is 37.9 Å². The number of primary amides is 1. The molecule has 0 spiro atoms. The van der Waals surface area contributed by atoms with Crippen LogP contribution >= 0.6 is 22.6 Å². The van der Waals surface area contributed by atoms with Gasteiger partial charge in [0.25, 0.3) is 15.9 Å². The second-order valence-corrected chi connectivity index (χ2v) is 7.10. The number of carbonyl (C=O) groups excluding carboxylic acids is 1. The minimum Gasteiger partial charge on any atom is -0.364 e. The van der Waals surface area contributed by atoms with E-state index in [9.17, 15) is 13.2 Å². The zero-order valence-electron chi connectivity index (χ0n) is 10.7. The molecule has 1 aromatic heterocycles. The number of H-pyrrole nitrogens is 1. The van der Waals surface area contributed by atoms with Crippen molar-refractivity contribution in [3.05, 3.63) is 27.5 Å². The molecule has 9 heteroatoms. The van der Waals surface area contributed by atoms with Crippen molar-refractivity contribution in [2.24, 2.45) is 5.73 Å². The summed E-state index contributed by atoms with van der Waals surface area (Å²) in [5.74, 6) is -0.848. The van der Waals surface area contributed by atoms with Crippen LogP contribution in [0.1, 0.15) is 10.5 Å². The largest absolute Gasteiger partial charge is 0.364 e. The normalized spacial score (nSPS) is 12.2. The Morgan fingerprint density at radius 3 is 2.65 bits per heavy atom. The number of hydrogen-bond donors (Lipinski definition) is 2. The third kappa shape index (κ3) is 2.41. The van der Waals surface area contributed by atoms with Crippen molar-refractivity contribution in [3.8, 4) is 0 Å². The predicted octanol–water partition coefficient (Wildman–Crippen LogP) is 1.05. The van der Waals surface area contributed by atoms with E-state index < -0.39 is 15.9 Å². The lowest BCUT2D eigenvalue weighted by atomic mass is 10.2. The van der Waals surface area contributed by atoms with Crippen LogP contribution in [-0.2, 0) is 14.9 Å². The van der Waals surface area contributed by atoms with Crippen LogP contribution in [0.4, 0.5) is 0 Å². The summed E-state index contributed by atoms with van der Waals surface area (Å²) in [6.07, 6.45) is 0. The Balaban J connectivity index is 2.88. The number of aromatic nitrogens is 1. The topological polar surface area (TPSA) is 105 Å². The molecule has 0 aliphatic rings. The van der Waals surface area contributed by atoms with E-state index in [-0.39, 0.29) is 10.6 Å². The third-order valence-corrected chi connectivity index (χ3v) is 5.25. The van der Waals surface area contributed by atoms with Crippen molar-refractivity contribution in [1.29, 1.82) is 0 Å². The molecular weight excluding hydrogens is 397 g/mol. The van der Waals surface area contributed by atoms with Crippen LogP contribution in [0.3, 0.4) is 0 Å². The number of nitrogens with one attached hydrogen (secondary N) is 1. The fourth-order valence-corrected chi connectivity index (χ4v) is 3.61. The molecule has 0 radical (unpaired) electrons. The maximum absolute atomic E-state index is 12.4. The molecule has 0 saturated heterocycles. The van der Waals surface area contributed by atoms with E-state index in [0.29, 0.717) is 15.4 Å². The number of halogens is 1. The number of carbonyl (C=O) groups is 1. The SMILES string of the molecule is CON(C)S(=O)(=O)c1c(C(N)=O)[nH]c2ccc(I)cc12. The first kappa shape index (κ1) is 15.2. The fraction of sp³-hybridized carbons (Fsp3) is 0.182. The van der Waals surface area contributed by atoms with Gasteiger partial charge >= 0.3 is 0 Å². The van der Waals surface area contributed by atoms with E-state index in [2.05, 4.69) is 27.6 Å². The maximum Gasteiger partial charge on any atom is 0.267 e. The van der Waals surface area contributed by atoms with E-state index >= 15 is 0 Å². The van der Waals surface area contributed by atoms with Gasteiger partial charge in [0, 0.05) is 21.5 Å². The molecule has 0 aliphatic carbocycles. The molecular formula is C11H12IN3O4S. The summed E-state index contributed by atoms with van der Waals surface area (Å²) in [7, 11) is -1.52. The molecule has 1 aromatic carbocycles. The molecule has 2 aromatic rings. The van der Waals surface area contributed by atoms with E-state index in [1.807, 2.05) is 0 Å². The Kier molecular flexibility index (Phi) is 4.04. The number of rotatable bonds is 4. The zero-order chi connectivity index (χ0) is 15.1. The summed E-state index contributed by atoms with van der Waals surface area (Å²) in [4.78, 5) is 18.8. The predicted molar refractivity (Wildman–Crippen MR) is 81.5 cm³/mol. The van der Waals surface area contributed by atoms with Gasteiger partial charge in [-0.25, -0.2) is 8.42 Å². The lowest BCUT2D eigenvalue weighted by Gasteiger charge is -2.14. The van der Waals surface area contributed by atoms with Gasteiger partial charge in [-0.05, 0) is 40.8 Å². The second-order valence-electron chi connectivity index (χ2n) is 3.98. The summed E-state index contributed by atoms with van der Waals surface area (Å²) in [6.45, 7) is 0. The molecule has 7 nitrogen and oxygen atoms in total. The minimum absolute atomic E-state index is 0.161. The van der Waals surface area contributed by atoms with Gasteiger partial charge in [0.05, 0.1) is 7.11 Å². The maximum atomic E-state index is 12.4. The van der Waals surface area contributed by atoms with Gasteiger partial charge in [-0.3, -0.25) is 9.63 Å². The van der Waals surface area contributed by atoms with Crippen molar-refractivity contribution in [2.75, 3.05) is 14.2 Å². The highest BCUT2D eigenvalue weighted by Crippen LogP contribution is 2.30. The van der Waals surface area contributed by atoms with Gasteiger partial charge in [-0.2, -0.15) is 0 Å². The molecule has 0 unspecified atom stereocenters. The number of nitrogens with zero attached hydrogens (tertiary/aromatic N) is 1. The molecule has 3 N–H and O–H groups in total. The number of sulfonamides is 1. The number of aromatic amines is 1. The smallest absolute Gasteiger partial charge is 0.267 e. The summed E-state index contributed by atoms with van der Waals surface area (Å²) < 4.78 is 26.4. The lowest BCUT2D eigenvalue weighted by Crippen LogP contribution is -2.28. The van der Waals surface area contributed by atoms with Gasteiger partial charge < -0.3 is 10.7 Å². The monoisotopic (exact) mass is 409 g/mol. The van der Waals surface area contributed by atoms with Crippen molar-refractivity contribution in [2.45, 2.75) is 4.90 Å². The van der Waals surface area contributed by atoms with Gasteiger partial charge in [-0.15, -0.1) is 0 Å². The molecule has 20 heavy (non-hydrogen) atoms. The highest BCUT2D eigenvalue weighted by atomic mass is 127. The summed E-state index contributed by atoms with van der Waals surface area (Å²) in [5.41, 5.74) is 5.61. The summed E-state index contributed by atoms with van der Waals surface area (Å²) >= 11 is 2.06. The number of nitrogens with two attached hydrogens (primary N) is 1. The van der Waals surface area contributed by atoms with Crippen molar-refractivity contribution < 1.29 is 18.0 Å². The van der Waals surface area contributed by atoms with E-state index in [1.54, 1.807) is 18.2 Å². The number of hydrogen-bond acceptors (Lipinski definition) is 4. The van der Waals surface area contributed by atoms with E-state index in [4.69, 9.17) is 10.6 Å². The Labute approximate surface area is 129 Å². The first-order valence-corrected chi connectivity index (χ1v) is 7.95. The summed E-state index contributed by atoms with van der Waals surface area (Å²) in [6, 6.07) is 5.14. The molecule has 2 rings (SSSR count). The van der Waals surface area contributed by atoms with Crippen LogP contribution in [0.5, 0.6) is 0 Å². The lowest BCUT2D eigenvalue weighted by molar-refractivity contribution is -0.0258. The molecule has 0 aliphatic heterocycles. The Bertz CT molecular complexity index is 784. The van der Waals surface area contributed by atoms with Crippen LogP contribution in [0.15, 0.2) is 23.1 Å². The quantitative estimate of drug-likeness (QED) is 0.582. The Morgan fingerprint density at radius 2 is 2.10 bits per heavy atom. The van der Waals surface area contributed by atoms with Crippen molar-refractivity contribution in [3.63, 3.8) is 0 Å². The highest BCUT2D eigenvalue weighted by Gasteiger charge is 2.30. The molecule has 0 saturated carbocycles. The van der Waals surface area contributed by atoms with Crippen LogP contribution in [0.25, 0.3) is 10.9 Å². The zero-order valence-corrected chi connectivity index (χ0v) is 13.6. The molecule has 0 atom stereocenters. The van der Waals surface area contributed by atoms with E-state index in [1.165, 1.54) is 14.2 Å². The summed E-state index contributed by atoms with van der Waals surface area (Å²) in [5, 5.41) is 0.398. The highest BCUT2D eigenvalue weighted by molar-refractivity contribution is 14.1. The average Bonchev–Trinajstić information content (AvgIpc) is 2.76. The second kappa shape index (κ2) is 5.31. The molecule has 0 bridgehead atoms. The molecule has 108 valence electrons. The average molecular weight is 409 g/mol. The molecule has 0 fully saturated rings. The fourth-order valence-electron chi connectivity index (χ4n) is 1.81. The van der Waals surface area contributed by atoms with Crippen LogP contribution in [0, 0.1) is 3.57 Å². The number of benzene rings is 1. The standard InChI is InChI=1S/C11H12IN3O4S/c1-15(19-2)20(17,18)10-7-5-6(12)3-4-8(7)14-9(10)11(13)16/h3-5,14H,1-2H3,(H2,13,16). The van der Waals surface area contributed by atoms with Gasteiger partial charge in [0.15, 0.2) is 0 Å². The first-order chi connectivity index (χ1) is 9.28. The van der Waals surface area contributed by atoms with Crippen molar-refractivity contribution >= 4 is 49.4 Å². The number of fused-ring (bicyclic) bond motifs is 1. The van der Waals surface area contributed by atoms with Crippen LogP contribution in [0.2, 0.25) is 0 Å². The van der Waals surface area contributed by atoms with E-state index in [0.717, 1.165) is 3.57 Å². The Morgan fingerprint density at radius 1 is 1.45 bits per heavy atom. The molecule has 1 amide bonds. The van der Waals surface area contributed by atoms with Gasteiger partial charge in [-0.1, -0.05) is 4.47 Å². The number of hydroxylamine groups is 1. The third-order valence-electron chi connectivity index (χ3n) is 2.81. The minimum atomic E-state index is -3.99. The Hall–Kier alpha value is -1.17. The molecule has 1 heterocycles. The van der Waals surface area contributed by atoms with Gasteiger partial charge in [0.2, 0.25) is 0 Å². The number of amides is 1. The van der Waals surface area contributed by atoms with Crippen LogP contribution < -0.4 is 5.73 Å². The van der Waals surface area contributed by atoms with Crippen molar-refractivity contribution in [1.82, 2.24) is 9.45 Å². The first-order valence-electron chi connectivity index (χ1n) is 5.43. The van der Waals surface area contributed by atoms with Gasteiger partial charge in [0.1, 0.15) is 10.6 Å².